The molecule has 168 valence electrons. The second-order valence-corrected chi connectivity index (χ2v) is 9.61. The highest BCUT2D eigenvalue weighted by molar-refractivity contribution is 7.13. The molecule has 0 radical (unpaired) electrons. The first kappa shape index (κ1) is 21.0. The third-order valence-corrected chi connectivity index (χ3v) is 7.66. The summed E-state index contributed by atoms with van der Waals surface area (Å²) >= 11 is 7.61. The zero-order valence-corrected chi connectivity index (χ0v) is 19.6. The summed E-state index contributed by atoms with van der Waals surface area (Å²) in [7, 11) is 0. The Hall–Kier alpha value is -3.55. The summed E-state index contributed by atoms with van der Waals surface area (Å²) in [6.07, 6.45) is 2.09. The van der Waals surface area contributed by atoms with Crippen molar-refractivity contribution >= 4 is 34.8 Å². The molecule has 0 aliphatic carbocycles. The topological polar surface area (TPSA) is 66.4 Å². The molecule has 0 spiro atoms. The molecule has 0 N–H and O–H groups in total. The molecule has 6 rings (SSSR count). The van der Waals surface area contributed by atoms with Gasteiger partial charge >= 0.3 is 0 Å². The lowest BCUT2D eigenvalue weighted by atomic mass is 9.86. The van der Waals surface area contributed by atoms with Crippen molar-refractivity contribution in [3.8, 4) is 10.6 Å². The van der Waals surface area contributed by atoms with Crippen LogP contribution in [0.15, 0.2) is 78.3 Å². The largest absolute Gasteiger partial charge is 0.309 e. The van der Waals surface area contributed by atoms with Crippen LogP contribution in [0.5, 0.6) is 0 Å². The smallest absolute Gasteiger partial charge is 0.275 e. The van der Waals surface area contributed by atoms with Gasteiger partial charge in [-0.1, -0.05) is 54.1 Å². The Labute approximate surface area is 205 Å². The predicted octanol–water partition coefficient (Wildman–Crippen LogP) is 4.87. The molecule has 1 saturated heterocycles. The monoisotopic (exact) mass is 486 g/mol. The molecule has 2 aliphatic rings. The van der Waals surface area contributed by atoms with Crippen LogP contribution in [0.2, 0.25) is 5.02 Å². The van der Waals surface area contributed by atoms with E-state index in [1.807, 2.05) is 42.5 Å². The Kier molecular flexibility index (Phi) is 4.97. The van der Waals surface area contributed by atoms with Crippen molar-refractivity contribution in [3.63, 3.8) is 0 Å². The molecule has 1 fully saturated rings. The normalized spacial score (nSPS) is 19.1. The minimum absolute atomic E-state index is 0.122. The number of rotatable bonds is 3. The van der Waals surface area contributed by atoms with Crippen LogP contribution in [0.4, 0.5) is 0 Å². The average molecular weight is 487 g/mol. The lowest BCUT2D eigenvalue weighted by Crippen LogP contribution is -2.58. The molecule has 1 atom stereocenters. The minimum atomic E-state index is -0.989. The first-order valence-corrected chi connectivity index (χ1v) is 12.2. The van der Waals surface area contributed by atoms with Crippen molar-refractivity contribution in [2.45, 2.75) is 12.1 Å². The Morgan fingerprint density at radius 2 is 1.79 bits per heavy atom. The number of amides is 2. The molecule has 4 heterocycles. The Balaban J connectivity index is 1.46. The standard InChI is InChI=1S/C26H19ClN4O2S/c27-19-10-8-18(9-11-19)26-15-21-20(7-4-12-28-21)24(32)30(26)13-14-31(26)25(33)22-16-34-23(29-22)17-5-2-1-3-6-17/h1-12,16H,13-15H2. The van der Waals surface area contributed by atoms with Crippen LogP contribution in [0.1, 0.15) is 32.1 Å². The molecule has 0 saturated carbocycles. The van der Waals surface area contributed by atoms with Gasteiger partial charge in [-0.2, -0.15) is 0 Å². The number of carbonyl (C=O) groups excluding carboxylic acids is 2. The van der Waals surface area contributed by atoms with Crippen molar-refractivity contribution in [3.05, 3.63) is 106 Å². The van der Waals surface area contributed by atoms with Gasteiger partial charge in [-0.3, -0.25) is 14.6 Å². The molecule has 2 aliphatic heterocycles. The van der Waals surface area contributed by atoms with Gasteiger partial charge in [0.25, 0.3) is 11.8 Å². The third-order valence-electron chi connectivity index (χ3n) is 6.52. The second-order valence-electron chi connectivity index (χ2n) is 8.32. The Morgan fingerprint density at radius 3 is 2.59 bits per heavy atom. The van der Waals surface area contributed by atoms with E-state index < -0.39 is 5.66 Å². The van der Waals surface area contributed by atoms with E-state index in [-0.39, 0.29) is 11.8 Å². The number of halogens is 1. The van der Waals surface area contributed by atoms with Crippen LogP contribution in [0.3, 0.4) is 0 Å². The molecule has 8 heteroatoms. The highest BCUT2D eigenvalue weighted by Crippen LogP contribution is 2.45. The number of thiazole rings is 1. The molecule has 2 aromatic carbocycles. The number of benzene rings is 2. The van der Waals surface area contributed by atoms with Gasteiger partial charge in [-0.05, 0) is 29.8 Å². The summed E-state index contributed by atoms with van der Waals surface area (Å²) < 4.78 is 0. The van der Waals surface area contributed by atoms with Crippen LogP contribution >= 0.6 is 22.9 Å². The minimum Gasteiger partial charge on any atom is -0.309 e. The van der Waals surface area contributed by atoms with E-state index in [0.29, 0.717) is 41.5 Å². The molecular weight excluding hydrogens is 468 g/mol. The number of fused-ring (bicyclic) bond motifs is 2. The second kappa shape index (κ2) is 8.04. The molecule has 2 aromatic heterocycles. The zero-order valence-electron chi connectivity index (χ0n) is 18.0. The van der Waals surface area contributed by atoms with Gasteiger partial charge < -0.3 is 9.80 Å². The maximum atomic E-state index is 13.9. The first-order chi connectivity index (χ1) is 16.6. The summed E-state index contributed by atoms with van der Waals surface area (Å²) in [5.41, 5.74) is 2.44. The quantitative estimate of drug-likeness (QED) is 0.414. The van der Waals surface area contributed by atoms with Gasteiger partial charge in [-0.25, -0.2) is 4.98 Å². The summed E-state index contributed by atoms with van der Waals surface area (Å²) in [5.74, 6) is -0.328. The fourth-order valence-electron chi connectivity index (χ4n) is 4.95. The number of hydrogen-bond acceptors (Lipinski definition) is 5. The lowest BCUT2D eigenvalue weighted by Gasteiger charge is -2.46. The highest BCUT2D eigenvalue weighted by atomic mass is 35.5. The van der Waals surface area contributed by atoms with Crippen LogP contribution in [-0.2, 0) is 12.1 Å². The summed E-state index contributed by atoms with van der Waals surface area (Å²) in [6.45, 7) is 0.830. The summed E-state index contributed by atoms with van der Waals surface area (Å²) in [6, 6.07) is 20.7. The van der Waals surface area contributed by atoms with Gasteiger partial charge in [-0.15, -0.1) is 11.3 Å². The van der Waals surface area contributed by atoms with E-state index >= 15 is 0 Å². The number of pyridine rings is 1. The molecule has 6 nitrogen and oxygen atoms in total. The molecular formula is C26H19ClN4O2S. The summed E-state index contributed by atoms with van der Waals surface area (Å²) in [5, 5.41) is 3.17. The van der Waals surface area contributed by atoms with Gasteiger partial charge in [0.2, 0.25) is 0 Å². The van der Waals surface area contributed by atoms with Crippen LogP contribution in [0, 0.1) is 0 Å². The zero-order chi connectivity index (χ0) is 23.3. The molecule has 4 aromatic rings. The SMILES string of the molecule is O=C(c1csc(-c2ccccc2)n1)N1CCN2C(=O)c3cccnc3CC12c1ccc(Cl)cc1. The molecule has 1 unspecified atom stereocenters. The molecule has 34 heavy (non-hydrogen) atoms. The van der Waals surface area contributed by atoms with Gasteiger partial charge in [0.15, 0.2) is 0 Å². The van der Waals surface area contributed by atoms with Crippen molar-refractivity contribution in [2.24, 2.45) is 0 Å². The third kappa shape index (κ3) is 3.15. The fraction of sp³-hybridized carbons (Fsp3) is 0.154. The van der Waals surface area contributed by atoms with Crippen LogP contribution in [-0.4, -0.2) is 44.7 Å². The number of hydrogen-bond donors (Lipinski definition) is 0. The maximum Gasteiger partial charge on any atom is 0.275 e. The van der Waals surface area contributed by atoms with Gasteiger partial charge in [0.1, 0.15) is 16.4 Å². The van der Waals surface area contributed by atoms with Crippen LogP contribution < -0.4 is 0 Å². The van der Waals surface area contributed by atoms with Gasteiger partial charge in [0.05, 0.1) is 11.3 Å². The van der Waals surface area contributed by atoms with E-state index in [1.54, 1.807) is 45.6 Å². The Bertz CT molecular complexity index is 1410. The number of carbonyl (C=O) groups is 2. The van der Waals surface area contributed by atoms with E-state index in [4.69, 9.17) is 11.6 Å². The van der Waals surface area contributed by atoms with Crippen LogP contribution in [0.25, 0.3) is 10.6 Å². The Morgan fingerprint density at radius 1 is 1.00 bits per heavy atom. The van der Waals surface area contributed by atoms with E-state index in [9.17, 15) is 9.59 Å². The lowest BCUT2D eigenvalue weighted by molar-refractivity contribution is 0.00679. The van der Waals surface area contributed by atoms with Gasteiger partial charge in [0, 0.05) is 41.7 Å². The van der Waals surface area contributed by atoms with E-state index in [0.717, 1.165) is 16.1 Å². The van der Waals surface area contributed by atoms with Crippen molar-refractivity contribution in [1.29, 1.82) is 0 Å². The predicted molar refractivity (Wildman–Crippen MR) is 131 cm³/mol. The maximum absolute atomic E-state index is 13.9. The molecule has 2 amide bonds. The van der Waals surface area contributed by atoms with Crippen molar-refractivity contribution in [1.82, 2.24) is 19.8 Å². The van der Waals surface area contributed by atoms with Crippen molar-refractivity contribution in [2.75, 3.05) is 13.1 Å². The fourth-order valence-corrected chi connectivity index (χ4v) is 5.88. The number of nitrogens with zero attached hydrogens (tertiary/aromatic N) is 4. The van der Waals surface area contributed by atoms with E-state index in [1.165, 1.54) is 11.3 Å². The molecule has 0 bridgehead atoms. The average Bonchev–Trinajstić information content (AvgIpc) is 3.51. The first-order valence-electron chi connectivity index (χ1n) is 10.9. The van der Waals surface area contributed by atoms with Crippen molar-refractivity contribution < 1.29 is 9.59 Å². The highest BCUT2D eigenvalue weighted by Gasteiger charge is 2.56. The summed E-state index contributed by atoms with van der Waals surface area (Å²) in [4.78, 5) is 40.2. The number of aromatic nitrogens is 2. The van der Waals surface area contributed by atoms with E-state index in [2.05, 4.69) is 9.97 Å².